The summed E-state index contributed by atoms with van der Waals surface area (Å²) >= 11 is 0. The number of aryl methyl sites for hydroxylation is 1. The second-order valence-electron chi connectivity index (χ2n) is 9.02. The summed E-state index contributed by atoms with van der Waals surface area (Å²) in [4.78, 5) is 17.1. The molecular weight excluding hydrogens is 501 g/mol. The minimum atomic E-state index is -4.77. The van der Waals surface area contributed by atoms with E-state index in [1.54, 1.807) is 16.8 Å². The molecule has 0 bridgehead atoms. The van der Waals surface area contributed by atoms with Gasteiger partial charge in [0.2, 0.25) is 5.82 Å². The number of piperidine rings is 1. The lowest BCUT2D eigenvalue weighted by molar-refractivity contribution is -0.274. The fourth-order valence-electron chi connectivity index (χ4n) is 4.24. The number of rotatable bonds is 7. The van der Waals surface area contributed by atoms with Crippen molar-refractivity contribution in [2.24, 2.45) is 0 Å². The third kappa shape index (κ3) is 6.20. The highest BCUT2D eigenvalue weighted by Crippen LogP contribution is 2.27. The zero-order valence-electron chi connectivity index (χ0n) is 20.5. The Balaban J connectivity index is 1.27. The summed E-state index contributed by atoms with van der Waals surface area (Å²) in [7, 11) is 0. The summed E-state index contributed by atoms with van der Waals surface area (Å²) in [5.74, 6) is -0.0500. The summed E-state index contributed by atoms with van der Waals surface area (Å²) in [6.45, 7) is 4.12. The maximum atomic E-state index is 12.7. The minimum Gasteiger partial charge on any atom is -0.406 e. The summed E-state index contributed by atoms with van der Waals surface area (Å²) in [6, 6.07) is 14.6. The van der Waals surface area contributed by atoms with E-state index < -0.39 is 6.36 Å². The second kappa shape index (κ2) is 10.7. The van der Waals surface area contributed by atoms with Crippen LogP contribution in [0, 0.1) is 6.92 Å². The molecule has 1 aliphatic heterocycles. The van der Waals surface area contributed by atoms with Gasteiger partial charge >= 0.3 is 6.36 Å². The van der Waals surface area contributed by atoms with Crippen LogP contribution in [0.25, 0.3) is 23.0 Å². The van der Waals surface area contributed by atoms with Gasteiger partial charge in [-0.3, -0.25) is 9.48 Å². The van der Waals surface area contributed by atoms with Crippen LogP contribution >= 0.6 is 0 Å². The molecule has 12 heteroatoms. The average molecular weight is 527 g/mol. The summed E-state index contributed by atoms with van der Waals surface area (Å²) in [6.07, 6.45) is -2.94. The molecular formula is C26H25F3N6O3. The molecule has 2 N–H and O–H groups in total. The number of carbonyl (C=O) groups is 1. The molecule has 38 heavy (non-hydrogen) atoms. The third-order valence-corrected chi connectivity index (χ3v) is 6.17. The Hall–Kier alpha value is -4.19. The van der Waals surface area contributed by atoms with E-state index in [0.717, 1.165) is 37.2 Å². The molecule has 0 saturated carbocycles. The Bertz CT molecular complexity index is 1410. The Morgan fingerprint density at radius 1 is 1.16 bits per heavy atom. The van der Waals surface area contributed by atoms with Gasteiger partial charge in [0.1, 0.15) is 5.75 Å². The van der Waals surface area contributed by atoms with Gasteiger partial charge in [-0.15, -0.1) is 13.2 Å². The standard InChI is InChI=1S/C26H25F3N6O3/c1-16-13-22(25-32-23(34-38-25)18-5-7-21(8-6-18)37-26(27,28)29)33-35(16)15-17-3-2-4-19(14-17)24(36)31-20-9-11-30-12-10-20/h2-8,13-14,20,30H,9-12,15H2,1H3,(H,31,36). The Kier molecular flexibility index (Phi) is 7.14. The number of aromatic nitrogens is 4. The van der Waals surface area contributed by atoms with Crippen LogP contribution in [0.5, 0.6) is 5.75 Å². The number of halogens is 3. The van der Waals surface area contributed by atoms with Gasteiger partial charge in [-0.05, 0) is 80.9 Å². The van der Waals surface area contributed by atoms with E-state index in [2.05, 4.69) is 30.6 Å². The first-order valence-electron chi connectivity index (χ1n) is 12.1. The molecule has 9 nitrogen and oxygen atoms in total. The Labute approximate surface area is 216 Å². The van der Waals surface area contributed by atoms with Gasteiger partial charge in [0.15, 0.2) is 5.69 Å². The fraction of sp³-hybridized carbons (Fsp3) is 0.308. The molecule has 0 atom stereocenters. The van der Waals surface area contributed by atoms with E-state index in [-0.39, 0.29) is 29.4 Å². The van der Waals surface area contributed by atoms with Gasteiger partial charge in [0.25, 0.3) is 11.8 Å². The SMILES string of the molecule is Cc1cc(-c2nc(-c3ccc(OC(F)(F)F)cc3)no2)nn1Cc1cccc(C(=O)NC2CCNCC2)c1. The zero-order valence-corrected chi connectivity index (χ0v) is 20.5. The smallest absolute Gasteiger partial charge is 0.406 e. The molecule has 3 heterocycles. The summed E-state index contributed by atoms with van der Waals surface area (Å²) in [5, 5.41) is 14.9. The predicted molar refractivity (Wildman–Crippen MR) is 131 cm³/mol. The molecule has 0 unspecified atom stereocenters. The Morgan fingerprint density at radius 3 is 2.66 bits per heavy atom. The first-order chi connectivity index (χ1) is 18.2. The average Bonchev–Trinajstić information content (AvgIpc) is 3.52. The molecule has 0 radical (unpaired) electrons. The lowest BCUT2D eigenvalue weighted by Gasteiger charge is -2.23. The number of nitrogens with one attached hydrogen (secondary N) is 2. The van der Waals surface area contributed by atoms with Gasteiger partial charge in [-0.2, -0.15) is 10.1 Å². The lowest BCUT2D eigenvalue weighted by atomic mass is 10.1. The molecule has 1 aliphatic rings. The van der Waals surface area contributed by atoms with E-state index in [4.69, 9.17) is 4.52 Å². The van der Waals surface area contributed by atoms with E-state index in [1.165, 1.54) is 24.3 Å². The van der Waals surface area contributed by atoms with E-state index in [1.807, 2.05) is 25.1 Å². The molecule has 5 rings (SSSR count). The van der Waals surface area contributed by atoms with Crippen molar-refractivity contribution in [3.63, 3.8) is 0 Å². The quantitative estimate of drug-likeness (QED) is 0.369. The van der Waals surface area contributed by atoms with Gasteiger partial charge in [-0.1, -0.05) is 17.3 Å². The first kappa shape index (κ1) is 25.5. The van der Waals surface area contributed by atoms with Gasteiger partial charge in [0, 0.05) is 22.9 Å². The van der Waals surface area contributed by atoms with Crippen molar-refractivity contribution in [2.75, 3.05) is 13.1 Å². The number of amides is 1. The number of benzene rings is 2. The van der Waals surface area contributed by atoms with Crippen LogP contribution in [0.2, 0.25) is 0 Å². The summed E-state index contributed by atoms with van der Waals surface area (Å²) in [5.41, 5.74) is 3.27. The number of nitrogens with zero attached hydrogens (tertiary/aromatic N) is 4. The summed E-state index contributed by atoms with van der Waals surface area (Å²) < 4.78 is 48.1. The highest BCUT2D eigenvalue weighted by molar-refractivity contribution is 5.94. The zero-order chi connectivity index (χ0) is 26.7. The van der Waals surface area contributed by atoms with E-state index in [9.17, 15) is 18.0 Å². The van der Waals surface area contributed by atoms with Crippen molar-refractivity contribution in [1.29, 1.82) is 0 Å². The fourth-order valence-corrected chi connectivity index (χ4v) is 4.24. The molecule has 198 valence electrons. The highest BCUT2D eigenvalue weighted by atomic mass is 19.4. The topological polar surface area (TPSA) is 107 Å². The van der Waals surface area contributed by atoms with Gasteiger partial charge < -0.3 is 19.9 Å². The molecule has 4 aromatic rings. The van der Waals surface area contributed by atoms with Crippen LogP contribution in [-0.4, -0.2) is 51.3 Å². The van der Waals surface area contributed by atoms with Crippen molar-refractivity contribution in [1.82, 2.24) is 30.6 Å². The van der Waals surface area contributed by atoms with E-state index in [0.29, 0.717) is 23.4 Å². The van der Waals surface area contributed by atoms with Gasteiger partial charge in [0.05, 0.1) is 6.54 Å². The molecule has 0 spiro atoms. The molecule has 2 aromatic carbocycles. The monoisotopic (exact) mass is 526 g/mol. The maximum absolute atomic E-state index is 12.7. The number of hydrogen-bond donors (Lipinski definition) is 2. The Morgan fingerprint density at radius 2 is 1.92 bits per heavy atom. The minimum absolute atomic E-state index is 0.0898. The van der Waals surface area contributed by atoms with Crippen molar-refractivity contribution in [2.45, 2.75) is 38.7 Å². The van der Waals surface area contributed by atoms with Crippen LogP contribution < -0.4 is 15.4 Å². The molecule has 1 amide bonds. The van der Waals surface area contributed by atoms with Crippen molar-refractivity contribution >= 4 is 5.91 Å². The van der Waals surface area contributed by atoms with Gasteiger partial charge in [-0.25, -0.2) is 0 Å². The van der Waals surface area contributed by atoms with Crippen molar-refractivity contribution in [3.8, 4) is 28.7 Å². The number of carbonyl (C=O) groups excluding carboxylic acids is 1. The third-order valence-electron chi connectivity index (χ3n) is 6.17. The predicted octanol–water partition coefficient (Wildman–Crippen LogP) is 4.34. The maximum Gasteiger partial charge on any atom is 0.573 e. The van der Waals surface area contributed by atoms with Crippen molar-refractivity contribution < 1.29 is 27.2 Å². The normalized spacial score (nSPS) is 14.4. The van der Waals surface area contributed by atoms with Crippen LogP contribution in [0.1, 0.15) is 34.5 Å². The number of alkyl halides is 3. The first-order valence-corrected chi connectivity index (χ1v) is 12.1. The van der Waals surface area contributed by atoms with Crippen LogP contribution in [0.4, 0.5) is 13.2 Å². The van der Waals surface area contributed by atoms with Crippen LogP contribution in [0.15, 0.2) is 59.1 Å². The van der Waals surface area contributed by atoms with Crippen molar-refractivity contribution in [3.05, 3.63) is 71.4 Å². The van der Waals surface area contributed by atoms with Crippen LogP contribution in [-0.2, 0) is 6.54 Å². The molecule has 0 aliphatic carbocycles. The second-order valence-corrected chi connectivity index (χ2v) is 9.02. The highest BCUT2D eigenvalue weighted by Gasteiger charge is 2.31. The molecule has 1 fully saturated rings. The molecule has 2 aromatic heterocycles. The molecule has 1 saturated heterocycles. The number of hydrogen-bond acceptors (Lipinski definition) is 7. The lowest BCUT2D eigenvalue weighted by Crippen LogP contribution is -2.42. The van der Waals surface area contributed by atoms with Crippen LogP contribution in [0.3, 0.4) is 0 Å². The largest absolute Gasteiger partial charge is 0.573 e. The van der Waals surface area contributed by atoms with E-state index >= 15 is 0 Å². The number of ether oxygens (including phenoxy) is 1.